The van der Waals surface area contributed by atoms with Crippen LogP contribution in [0, 0.1) is 0 Å². The lowest BCUT2D eigenvalue weighted by molar-refractivity contribution is 0.124. The maximum absolute atomic E-state index is 12.9. The van der Waals surface area contributed by atoms with E-state index in [1.165, 1.54) is 6.26 Å². The van der Waals surface area contributed by atoms with Crippen LogP contribution in [0.5, 0.6) is 0 Å². The SMILES string of the molecule is O=S(=O)(CC(F)F)N(Cc1ccco1)CC(O)Cn1c2ccccc2c2ccccc21. The first kappa shape index (κ1) is 21.5. The molecule has 0 fully saturated rings. The molecule has 0 amide bonds. The molecular weight excluding hydrogens is 426 g/mol. The summed E-state index contributed by atoms with van der Waals surface area (Å²) in [4.78, 5) is 0. The molecule has 0 spiro atoms. The molecule has 4 rings (SSSR count). The lowest BCUT2D eigenvalue weighted by atomic mass is 10.2. The summed E-state index contributed by atoms with van der Waals surface area (Å²) < 4.78 is 58.7. The highest BCUT2D eigenvalue weighted by Gasteiger charge is 2.29. The number of aromatic nitrogens is 1. The van der Waals surface area contributed by atoms with Gasteiger partial charge in [0.2, 0.25) is 10.0 Å². The molecule has 0 aliphatic rings. The fourth-order valence-corrected chi connectivity index (χ4v) is 5.07. The quantitative estimate of drug-likeness (QED) is 0.422. The topological polar surface area (TPSA) is 75.7 Å². The molecule has 0 saturated carbocycles. The van der Waals surface area contributed by atoms with E-state index in [1.54, 1.807) is 12.1 Å². The summed E-state index contributed by atoms with van der Waals surface area (Å²) in [7, 11) is -4.30. The van der Waals surface area contributed by atoms with Gasteiger partial charge in [0.1, 0.15) is 11.5 Å². The summed E-state index contributed by atoms with van der Waals surface area (Å²) in [6.07, 6.45) is -2.76. The molecule has 2 aromatic carbocycles. The van der Waals surface area contributed by atoms with Crippen molar-refractivity contribution in [3.05, 3.63) is 72.7 Å². The summed E-state index contributed by atoms with van der Waals surface area (Å²) >= 11 is 0. The van der Waals surface area contributed by atoms with Crippen LogP contribution in [0.1, 0.15) is 5.76 Å². The van der Waals surface area contributed by atoms with Crippen molar-refractivity contribution < 1.29 is 26.7 Å². The van der Waals surface area contributed by atoms with E-state index in [2.05, 4.69) is 0 Å². The van der Waals surface area contributed by atoms with Crippen LogP contribution in [0.2, 0.25) is 0 Å². The van der Waals surface area contributed by atoms with E-state index in [1.807, 2.05) is 53.1 Å². The molecule has 31 heavy (non-hydrogen) atoms. The zero-order valence-corrected chi connectivity index (χ0v) is 17.4. The van der Waals surface area contributed by atoms with Crippen molar-refractivity contribution >= 4 is 31.8 Å². The van der Waals surface area contributed by atoms with E-state index in [-0.39, 0.29) is 19.6 Å². The number of furan rings is 1. The van der Waals surface area contributed by atoms with Crippen molar-refractivity contribution in [3.8, 4) is 0 Å². The summed E-state index contributed by atoms with van der Waals surface area (Å²) in [6.45, 7) is -0.463. The molecule has 6 nitrogen and oxygen atoms in total. The number of fused-ring (bicyclic) bond motifs is 3. The molecule has 0 aliphatic heterocycles. The Morgan fingerprint density at radius 2 is 1.58 bits per heavy atom. The summed E-state index contributed by atoms with van der Waals surface area (Å²) in [5.41, 5.74) is 1.80. The predicted octanol–water partition coefficient (Wildman–Crippen LogP) is 3.85. The highest BCUT2D eigenvalue weighted by Crippen LogP contribution is 2.29. The molecule has 2 heterocycles. The van der Waals surface area contributed by atoms with Crippen LogP contribution in [-0.2, 0) is 23.1 Å². The minimum atomic E-state index is -4.30. The summed E-state index contributed by atoms with van der Waals surface area (Å²) in [5.74, 6) is -1.00. The van der Waals surface area contributed by atoms with Crippen molar-refractivity contribution in [2.45, 2.75) is 25.6 Å². The monoisotopic (exact) mass is 448 g/mol. The van der Waals surface area contributed by atoms with E-state index >= 15 is 0 Å². The zero-order chi connectivity index (χ0) is 22.0. The third kappa shape index (κ3) is 4.63. The van der Waals surface area contributed by atoms with Gasteiger partial charge in [-0.15, -0.1) is 0 Å². The molecule has 0 saturated heterocycles. The Bertz CT molecular complexity index is 1220. The van der Waals surface area contributed by atoms with Crippen LogP contribution in [0.4, 0.5) is 8.78 Å². The average Bonchev–Trinajstić information content (AvgIpc) is 3.34. The number of hydrogen-bond donors (Lipinski definition) is 1. The maximum atomic E-state index is 12.9. The second kappa shape index (κ2) is 8.78. The van der Waals surface area contributed by atoms with E-state index in [0.29, 0.717) is 5.76 Å². The van der Waals surface area contributed by atoms with Crippen molar-refractivity contribution in [2.24, 2.45) is 0 Å². The minimum absolute atomic E-state index is 0.104. The Balaban J connectivity index is 1.63. The van der Waals surface area contributed by atoms with Gasteiger partial charge in [0.25, 0.3) is 6.43 Å². The Kier molecular flexibility index (Phi) is 6.08. The first-order chi connectivity index (χ1) is 14.8. The number of aliphatic hydroxyl groups is 1. The van der Waals surface area contributed by atoms with Gasteiger partial charge in [0, 0.05) is 28.4 Å². The van der Waals surface area contributed by atoms with Crippen molar-refractivity contribution in [1.29, 1.82) is 0 Å². The molecule has 4 aromatic rings. The number of aliphatic hydroxyl groups excluding tert-OH is 1. The molecule has 164 valence electrons. The van der Waals surface area contributed by atoms with Crippen LogP contribution in [0.25, 0.3) is 21.8 Å². The fraction of sp³-hybridized carbons (Fsp3) is 0.273. The van der Waals surface area contributed by atoms with Gasteiger partial charge in [0.05, 0.1) is 25.5 Å². The third-order valence-electron chi connectivity index (χ3n) is 5.13. The Morgan fingerprint density at radius 3 is 2.13 bits per heavy atom. The van der Waals surface area contributed by atoms with Gasteiger partial charge < -0.3 is 14.1 Å². The van der Waals surface area contributed by atoms with Crippen molar-refractivity contribution in [2.75, 3.05) is 12.3 Å². The number of nitrogens with zero attached hydrogens (tertiary/aromatic N) is 2. The predicted molar refractivity (Wildman–Crippen MR) is 114 cm³/mol. The normalized spacial score (nSPS) is 13.6. The van der Waals surface area contributed by atoms with Gasteiger partial charge in [0.15, 0.2) is 0 Å². The first-order valence-corrected chi connectivity index (χ1v) is 11.4. The van der Waals surface area contributed by atoms with E-state index < -0.39 is 28.3 Å². The number of rotatable bonds is 9. The number of para-hydroxylation sites is 2. The highest BCUT2D eigenvalue weighted by molar-refractivity contribution is 7.89. The van der Waals surface area contributed by atoms with Gasteiger partial charge >= 0.3 is 0 Å². The molecular formula is C22H22F2N2O4S. The number of alkyl halides is 2. The average molecular weight is 448 g/mol. The molecule has 2 aromatic heterocycles. The first-order valence-electron chi connectivity index (χ1n) is 9.77. The van der Waals surface area contributed by atoms with Gasteiger partial charge in [-0.3, -0.25) is 0 Å². The highest BCUT2D eigenvalue weighted by atomic mass is 32.2. The molecule has 1 unspecified atom stereocenters. The van der Waals surface area contributed by atoms with Crippen molar-refractivity contribution in [3.63, 3.8) is 0 Å². The summed E-state index contributed by atoms with van der Waals surface area (Å²) in [6, 6.07) is 18.6. The smallest absolute Gasteiger partial charge is 0.253 e. The molecule has 9 heteroatoms. The van der Waals surface area contributed by atoms with Crippen LogP contribution >= 0.6 is 0 Å². The van der Waals surface area contributed by atoms with E-state index in [0.717, 1.165) is 26.1 Å². The van der Waals surface area contributed by atoms with Crippen molar-refractivity contribution in [1.82, 2.24) is 8.87 Å². The summed E-state index contributed by atoms with van der Waals surface area (Å²) in [5, 5.41) is 12.8. The lowest BCUT2D eigenvalue weighted by Gasteiger charge is -2.24. The van der Waals surface area contributed by atoms with Gasteiger partial charge in [-0.2, -0.15) is 4.31 Å². The number of sulfonamides is 1. The second-order valence-electron chi connectivity index (χ2n) is 7.34. The van der Waals surface area contributed by atoms with Gasteiger partial charge in [-0.1, -0.05) is 36.4 Å². The molecule has 1 N–H and O–H groups in total. The van der Waals surface area contributed by atoms with E-state index in [9.17, 15) is 22.3 Å². The van der Waals surface area contributed by atoms with Crippen LogP contribution in [0.15, 0.2) is 71.3 Å². The largest absolute Gasteiger partial charge is 0.468 e. The minimum Gasteiger partial charge on any atom is -0.468 e. The third-order valence-corrected chi connectivity index (χ3v) is 6.87. The van der Waals surface area contributed by atoms with Crippen LogP contribution in [0.3, 0.4) is 0 Å². The lowest BCUT2D eigenvalue weighted by Crippen LogP contribution is -2.40. The number of halogens is 2. The fourth-order valence-electron chi connectivity index (χ4n) is 3.82. The van der Waals surface area contributed by atoms with Crippen LogP contribution < -0.4 is 0 Å². The zero-order valence-electron chi connectivity index (χ0n) is 16.6. The Labute approximate surface area is 178 Å². The van der Waals surface area contributed by atoms with Gasteiger partial charge in [-0.05, 0) is 24.3 Å². The van der Waals surface area contributed by atoms with Crippen LogP contribution in [-0.4, -0.2) is 47.2 Å². The second-order valence-corrected chi connectivity index (χ2v) is 9.35. The number of benzene rings is 2. The molecule has 0 radical (unpaired) electrons. The Hall–Kier alpha value is -2.75. The molecule has 0 aliphatic carbocycles. The van der Waals surface area contributed by atoms with Gasteiger partial charge in [-0.25, -0.2) is 17.2 Å². The molecule has 0 bridgehead atoms. The van der Waals surface area contributed by atoms with E-state index in [4.69, 9.17) is 4.42 Å². The Morgan fingerprint density at radius 1 is 0.968 bits per heavy atom. The standard InChI is InChI=1S/C22H22F2N2O4S/c23-22(24)15-31(28,29)25(14-17-6-5-11-30-17)12-16(27)13-26-20-9-3-1-7-18(20)19-8-2-4-10-21(19)26/h1-11,16,22,27H,12-15H2. The maximum Gasteiger partial charge on any atom is 0.253 e. The number of hydrogen-bond acceptors (Lipinski definition) is 4. The molecule has 1 atom stereocenters.